The van der Waals surface area contributed by atoms with Crippen molar-refractivity contribution >= 4 is 23.4 Å². The second-order valence-electron chi connectivity index (χ2n) is 7.52. The van der Waals surface area contributed by atoms with Crippen molar-refractivity contribution in [3.63, 3.8) is 0 Å². The quantitative estimate of drug-likeness (QED) is 0.342. The molecular formula is C19H23N7O3. The number of carbonyl (C=O) groups excluding carboxylic acids is 3. The summed E-state index contributed by atoms with van der Waals surface area (Å²) >= 11 is 0. The summed E-state index contributed by atoms with van der Waals surface area (Å²) in [5.41, 5.74) is 10.9. The number of nitrogens with zero attached hydrogens (tertiary/aromatic N) is 6. The maximum atomic E-state index is 13.0. The average Bonchev–Trinajstić information content (AvgIpc) is 3.05. The highest BCUT2D eigenvalue weighted by Gasteiger charge is 2.39. The van der Waals surface area contributed by atoms with Gasteiger partial charge in [0.25, 0.3) is 5.91 Å². The van der Waals surface area contributed by atoms with Gasteiger partial charge in [0.15, 0.2) is 0 Å². The molecule has 1 N–H and O–H groups in total. The number of anilines is 1. The molecule has 0 aliphatic carbocycles. The van der Waals surface area contributed by atoms with Crippen molar-refractivity contribution in [1.29, 1.82) is 0 Å². The average molecular weight is 397 g/mol. The lowest BCUT2D eigenvalue weighted by atomic mass is 10.0. The van der Waals surface area contributed by atoms with Crippen molar-refractivity contribution in [2.45, 2.75) is 25.4 Å². The highest BCUT2D eigenvalue weighted by Crippen LogP contribution is 2.30. The highest BCUT2D eigenvalue weighted by molar-refractivity contribution is 6.05. The van der Waals surface area contributed by atoms with E-state index in [1.807, 2.05) is 18.2 Å². The molecule has 10 nitrogen and oxygen atoms in total. The number of imide groups is 1. The number of rotatable bonds is 5. The molecule has 3 heterocycles. The molecule has 10 heteroatoms. The summed E-state index contributed by atoms with van der Waals surface area (Å²) in [5.74, 6) is -0.819. The van der Waals surface area contributed by atoms with Gasteiger partial charge in [0.05, 0.1) is 0 Å². The summed E-state index contributed by atoms with van der Waals surface area (Å²) in [6.45, 7) is 5.03. The monoisotopic (exact) mass is 397 g/mol. The molecule has 1 atom stereocenters. The van der Waals surface area contributed by atoms with E-state index in [0.29, 0.717) is 25.1 Å². The molecule has 1 unspecified atom stereocenters. The minimum atomic E-state index is -0.587. The second-order valence-corrected chi connectivity index (χ2v) is 7.52. The Morgan fingerprint density at radius 1 is 1.17 bits per heavy atom. The molecule has 152 valence electrons. The Morgan fingerprint density at radius 2 is 1.97 bits per heavy atom. The van der Waals surface area contributed by atoms with Crippen molar-refractivity contribution < 1.29 is 14.4 Å². The Kier molecular flexibility index (Phi) is 5.37. The van der Waals surface area contributed by atoms with Crippen LogP contribution in [-0.4, -0.2) is 72.8 Å². The Hall–Kier alpha value is -3.10. The van der Waals surface area contributed by atoms with E-state index in [1.165, 1.54) is 0 Å². The maximum Gasteiger partial charge on any atom is 0.255 e. The lowest BCUT2D eigenvalue weighted by molar-refractivity contribution is -0.136. The first-order valence-corrected chi connectivity index (χ1v) is 9.82. The van der Waals surface area contributed by atoms with Crippen molar-refractivity contribution in [1.82, 2.24) is 15.1 Å². The van der Waals surface area contributed by atoms with Crippen LogP contribution in [0.15, 0.2) is 23.3 Å². The fourth-order valence-corrected chi connectivity index (χ4v) is 4.20. The molecule has 1 aromatic rings. The third-order valence-corrected chi connectivity index (χ3v) is 5.83. The zero-order valence-corrected chi connectivity index (χ0v) is 16.1. The third kappa shape index (κ3) is 3.90. The maximum absolute atomic E-state index is 13.0. The first-order chi connectivity index (χ1) is 14.1. The molecule has 0 spiro atoms. The van der Waals surface area contributed by atoms with E-state index in [1.54, 1.807) is 4.90 Å². The zero-order valence-electron chi connectivity index (χ0n) is 16.1. The van der Waals surface area contributed by atoms with E-state index in [-0.39, 0.29) is 24.1 Å². The molecule has 3 amide bonds. The second kappa shape index (κ2) is 8.10. The molecule has 29 heavy (non-hydrogen) atoms. The highest BCUT2D eigenvalue weighted by atomic mass is 16.2. The first kappa shape index (κ1) is 19.2. The minimum Gasteiger partial charge on any atom is -0.369 e. The number of carbonyl (C=O) groups is 3. The number of hydrogen-bond donors (Lipinski definition) is 1. The Balaban J connectivity index is 1.41. The van der Waals surface area contributed by atoms with Gasteiger partial charge in [-0.25, -0.2) is 0 Å². The van der Waals surface area contributed by atoms with Crippen LogP contribution in [0.5, 0.6) is 0 Å². The summed E-state index contributed by atoms with van der Waals surface area (Å²) in [6, 6.07) is 5.31. The molecule has 1 aromatic carbocycles. The molecule has 2 fully saturated rings. The van der Waals surface area contributed by atoms with Gasteiger partial charge in [-0.1, -0.05) is 11.2 Å². The summed E-state index contributed by atoms with van der Waals surface area (Å²) < 4.78 is 0. The SMILES string of the molecule is [N-]=[N+]=NCCN1CCN(c2ccc3c(c2)C(=O)N(C2CCC(=O)NC2=O)C3)CC1. The van der Waals surface area contributed by atoms with Crippen molar-refractivity contribution in [2.24, 2.45) is 5.11 Å². The fraction of sp³-hybridized carbons (Fsp3) is 0.526. The van der Waals surface area contributed by atoms with Crippen molar-refractivity contribution in [3.8, 4) is 0 Å². The summed E-state index contributed by atoms with van der Waals surface area (Å²) in [6.07, 6.45) is 0.626. The number of piperidine rings is 1. The number of nitrogens with one attached hydrogen (secondary N) is 1. The number of azide groups is 1. The number of fused-ring (bicyclic) bond motifs is 1. The molecule has 0 radical (unpaired) electrons. The van der Waals surface area contributed by atoms with E-state index >= 15 is 0 Å². The van der Waals surface area contributed by atoms with Crippen LogP contribution in [0.2, 0.25) is 0 Å². The van der Waals surface area contributed by atoms with Crippen LogP contribution < -0.4 is 10.2 Å². The van der Waals surface area contributed by atoms with Crippen LogP contribution >= 0.6 is 0 Å². The topological polar surface area (TPSA) is 122 Å². The third-order valence-electron chi connectivity index (χ3n) is 5.83. The molecule has 0 bridgehead atoms. The molecule has 0 aromatic heterocycles. The normalized spacial score (nSPS) is 22.3. The van der Waals surface area contributed by atoms with E-state index in [0.717, 1.165) is 44.0 Å². The van der Waals surface area contributed by atoms with E-state index in [9.17, 15) is 14.4 Å². The number of hydrogen-bond acceptors (Lipinski definition) is 6. The van der Waals surface area contributed by atoms with E-state index in [2.05, 4.69) is 25.1 Å². The van der Waals surface area contributed by atoms with E-state index in [4.69, 9.17) is 5.53 Å². The summed E-state index contributed by atoms with van der Waals surface area (Å²) in [7, 11) is 0. The Labute approximate surface area is 168 Å². The molecule has 2 saturated heterocycles. The number of amides is 3. The lowest BCUT2D eigenvalue weighted by Crippen LogP contribution is -2.52. The van der Waals surface area contributed by atoms with Crippen LogP contribution in [0.1, 0.15) is 28.8 Å². The largest absolute Gasteiger partial charge is 0.369 e. The summed E-state index contributed by atoms with van der Waals surface area (Å²) in [5, 5.41) is 5.91. The van der Waals surface area contributed by atoms with Gasteiger partial charge < -0.3 is 9.80 Å². The minimum absolute atomic E-state index is 0.149. The van der Waals surface area contributed by atoms with Gasteiger partial charge in [-0.05, 0) is 29.6 Å². The smallest absolute Gasteiger partial charge is 0.255 e. The molecule has 4 rings (SSSR count). The van der Waals surface area contributed by atoms with E-state index < -0.39 is 6.04 Å². The molecule has 3 aliphatic rings. The van der Waals surface area contributed by atoms with Gasteiger partial charge in [-0.15, -0.1) is 0 Å². The fourth-order valence-electron chi connectivity index (χ4n) is 4.20. The Morgan fingerprint density at radius 3 is 2.69 bits per heavy atom. The van der Waals surface area contributed by atoms with Crippen LogP contribution in [0.25, 0.3) is 10.4 Å². The zero-order chi connectivity index (χ0) is 20.4. The standard InChI is InChI=1S/C19H23N7O3/c20-23-21-5-6-24-7-9-25(10-8-24)14-2-1-13-12-26(19(29)15(13)11-14)16-3-4-17(27)22-18(16)28/h1-2,11,16H,3-10,12H2,(H,22,27,28). The number of piperazine rings is 1. The van der Waals surface area contributed by atoms with Gasteiger partial charge in [0.2, 0.25) is 11.8 Å². The van der Waals surface area contributed by atoms with Gasteiger partial charge in [0.1, 0.15) is 6.04 Å². The number of benzene rings is 1. The van der Waals surface area contributed by atoms with Gasteiger partial charge in [0, 0.05) is 68.4 Å². The van der Waals surface area contributed by atoms with Crippen LogP contribution in [-0.2, 0) is 16.1 Å². The van der Waals surface area contributed by atoms with Crippen molar-refractivity contribution in [2.75, 3.05) is 44.2 Å². The van der Waals surface area contributed by atoms with Gasteiger partial charge in [-0.2, -0.15) is 0 Å². The molecule has 0 saturated carbocycles. The predicted octanol–water partition coefficient (Wildman–Crippen LogP) is 0.880. The van der Waals surface area contributed by atoms with Crippen LogP contribution in [0, 0.1) is 0 Å². The molecule has 3 aliphatic heterocycles. The van der Waals surface area contributed by atoms with Gasteiger partial charge in [-0.3, -0.25) is 24.6 Å². The van der Waals surface area contributed by atoms with Crippen molar-refractivity contribution in [3.05, 3.63) is 39.8 Å². The molecular weight excluding hydrogens is 374 g/mol. The Bertz CT molecular complexity index is 888. The van der Waals surface area contributed by atoms with Gasteiger partial charge >= 0.3 is 0 Å². The predicted molar refractivity (Wildman–Crippen MR) is 105 cm³/mol. The first-order valence-electron chi connectivity index (χ1n) is 9.82. The lowest BCUT2D eigenvalue weighted by Gasteiger charge is -2.36. The summed E-state index contributed by atoms with van der Waals surface area (Å²) in [4.78, 5) is 45.4. The van der Waals surface area contributed by atoms with Crippen LogP contribution in [0.3, 0.4) is 0 Å². The van der Waals surface area contributed by atoms with Crippen LogP contribution in [0.4, 0.5) is 5.69 Å².